The SMILES string of the molecule is CC1CN(c2ncc(CCl)cc2Cl)CCO1. The number of halogens is 2. The highest BCUT2D eigenvalue weighted by Gasteiger charge is 2.19. The Balaban J connectivity index is 2.19. The Labute approximate surface area is 105 Å². The van der Waals surface area contributed by atoms with Crippen LogP contribution < -0.4 is 4.90 Å². The summed E-state index contributed by atoms with van der Waals surface area (Å²) in [6.45, 7) is 4.42. The van der Waals surface area contributed by atoms with Crippen LogP contribution in [0.25, 0.3) is 0 Å². The number of alkyl halides is 1. The second-order valence-electron chi connectivity index (χ2n) is 3.91. The molecule has 1 unspecified atom stereocenters. The van der Waals surface area contributed by atoms with E-state index in [1.807, 2.05) is 13.0 Å². The van der Waals surface area contributed by atoms with E-state index in [2.05, 4.69) is 9.88 Å². The van der Waals surface area contributed by atoms with Crippen LogP contribution in [0.1, 0.15) is 12.5 Å². The van der Waals surface area contributed by atoms with Crippen molar-refractivity contribution in [2.75, 3.05) is 24.6 Å². The Hall–Kier alpha value is -0.510. The fourth-order valence-corrected chi connectivity index (χ4v) is 2.24. The van der Waals surface area contributed by atoms with E-state index in [1.54, 1.807) is 6.20 Å². The lowest BCUT2D eigenvalue weighted by Gasteiger charge is -2.32. The van der Waals surface area contributed by atoms with E-state index < -0.39 is 0 Å². The standard InChI is InChI=1S/C11H14Cl2N2O/c1-8-7-15(2-3-16-8)11-10(13)4-9(5-12)6-14-11/h4,6,8H,2-3,5,7H2,1H3. The highest BCUT2D eigenvalue weighted by atomic mass is 35.5. The molecule has 88 valence electrons. The molecule has 0 bridgehead atoms. The molecule has 0 aliphatic carbocycles. The van der Waals surface area contributed by atoms with E-state index in [1.165, 1.54) is 0 Å². The van der Waals surface area contributed by atoms with Gasteiger partial charge in [-0.05, 0) is 18.6 Å². The van der Waals surface area contributed by atoms with Gasteiger partial charge >= 0.3 is 0 Å². The summed E-state index contributed by atoms with van der Waals surface area (Å²) >= 11 is 11.9. The number of anilines is 1. The van der Waals surface area contributed by atoms with Gasteiger partial charge in [0, 0.05) is 25.2 Å². The monoisotopic (exact) mass is 260 g/mol. The Morgan fingerprint density at radius 1 is 1.62 bits per heavy atom. The number of nitrogens with zero attached hydrogens (tertiary/aromatic N) is 2. The van der Waals surface area contributed by atoms with Crippen LogP contribution in [0.4, 0.5) is 5.82 Å². The van der Waals surface area contributed by atoms with E-state index in [9.17, 15) is 0 Å². The van der Waals surface area contributed by atoms with Gasteiger partial charge in [0.2, 0.25) is 0 Å². The average Bonchev–Trinajstić information content (AvgIpc) is 2.28. The van der Waals surface area contributed by atoms with E-state index in [0.717, 1.165) is 31.1 Å². The zero-order valence-corrected chi connectivity index (χ0v) is 10.6. The number of aromatic nitrogens is 1. The minimum Gasteiger partial charge on any atom is -0.375 e. The minimum absolute atomic E-state index is 0.222. The highest BCUT2D eigenvalue weighted by molar-refractivity contribution is 6.33. The lowest BCUT2D eigenvalue weighted by atomic mass is 10.2. The van der Waals surface area contributed by atoms with Crippen molar-refractivity contribution in [2.45, 2.75) is 18.9 Å². The van der Waals surface area contributed by atoms with Crippen LogP contribution in [0.2, 0.25) is 5.02 Å². The predicted molar refractivity (Wildman–Crippen MR) is 66.4 cm³/mol. The van der Waals surface area contributed by atoms with Crippen molar-refractivity contribution in [3.8, 4) is 0 Å². The molecule has 1 aromatic rings. The van der Waals surface area contributed by atoms with Crippen LogP contribution in [0.5, 0.6) is 0 Å². The van der Waals surface area contributed by atoms with E-state index in [-0.39, 0.29) is 6.10 Å². The van der Waals surface area contributed by atoms with Crippen molar-refractivity contribution in [1.82, 2.24) is 4.98 Å². The fraction of sp³-hybridized carbons (Fsp3) is 0.545. The second-order valence-corrected chi connectivity index (χ2v) is 4.58. The quantitative estimate of drug-likeness (QED) is 0.765. The maximum absolute atomic E-state index is 6.19. The predicted octanol–water partition coefficient (Wildman–Crippen LogP) is 2.70. The molecule has 0 N–H and O–H groups in total. The second kappa shape index (κ2) is 5.21. The summed E-state index contributed by atoms with van der Waals surface area (Å²) in [5.74, 6) is 1.26. The zero-order valence-electron chi connectivity index (χ0n) is 9.12. The van der Waals surface area contributed by atoms with Crippen LogP contribution >= 0.6 is 23.2 Å². The molecule has 5 heteroatoms. The molecule has 1 saturated heterocycles. The molecule has 0 spiro atoms. The summed E-state index contributed by atoms with van der Waals surface area (Å²) in [4.78, 5) is 6.51. The van der Waals surface area contributed by atoms with E-state index >= 15 is 0 Å². The van der Waals surface area contributed by atoms with Crippen molar-refractivity contribution >= 4 is 29.0 Å². The third kappa shape index (κ3) is 2.59. The van der Waals surface area contributed by atoms with Crippen molar-refractivity contribution in [1.29, 1.82) is 0 Å². The lowest BCUT2D eigenvalue weighted by molar-refractivity contribution is 0.0529. The molecule has 0 amide bonds. The van der Waals surface area contributed by atoms with Crippen LogP contribution in [0.15, 0.2) is 12.3 Å². The molecule has 16 heavy (non-hydrogen) atoms. The largest absolute Gasteiger partial charge is 0.375 e. The molecule has 1 aliphatic rings. The maximum Gasteiger partial charge on any atom is 0.147 e. The van der Waals surface area contributed by atoms with Gasteiger partial charge < -0.3 is 9.64 Å². The first-order chi connectivity index (χ1) is 7.70. The molecule has 0 saturated carbocycles. The van der Waals surface area contributed by atoms with Crippen molar-refractivity contribution in [2.24, 2.45) is 0 Å². The average molecular weight is 261 g/mol. The molecule has 1 fully saturated rings. The van der Waals surface area contributed by atoms with Gasteiger partial charge in [-0.25, -0.2) is 4.98 Å². The van der Waals surface area contributed by atoms with E-state index in [0.29, 0.717) is 10.9 Å². The molecule has 0 radical (unpaired) electrons. The normalized spacial score (nSPS) is 21.2. The Kier molecular flexibility index (Phi) is 3.90. The smallest absolute Gasteiger partial charge is 0.147 e. The summed E-state index contributed by atoms with van der Waals surface area (Å²) in [7, 11) is 0. The van der Waals surface area contributed by atoms with E-state index in [4.69, 9.17) is 27.9 Å². The van der Waals surface area contributed by atoms with Crippen molar-refractivity contribution in [3.63, 3.8) is 0 Å². The Morgan fingerprint density at radius 2 is 2.44 bits per heavy atom. The number of hydrogen-bond donors (Lipinski definition) is 0. The van der Waals surface area contributed by atoms with Crippen molar-refractivity contribution < 1.29 is 4.74 Å². The van der Waals surface area contributed by atoms with Gasteiger partial charge in [0.1, 0.15) is 5.82 Å². The topological polar surface area (TPSA) is 25.4 Å². The molecule has 2 heterocycles. The lowest BCUT2D eigenvalue weighted by Crippen LogP contribution is -2.41. The molecular weight excluding hydrogens is 247 g/mol. The first kappa shape index (κ1) is 12.0. The molecule has 1 aromatic heterocycles. The summed E-state index contributed by atoms with van der Waals surface area (Å²) in [6, 6.07) is 1.87. The van der Waals surface area contributed by atoms with Gasteiger partial charge in [-0.1, -0.05) is 11.6 Å². The van der Waals surface area contributed by atoms with Crippen LogP contribution in [0.3, 0.4) is 0 Å². The first-order valence-corrected chi connectivity index (χ1v) is 6.19. The summed E-state index contributed by atoms with van der Waals surface area (Å²) in [6.07, 6.45) is 1.99. The number of hydrogen-bond acceptors (Lipinski definition) is 3. The molecule has 3 nitrogen and oxygen atoms in total. The van der Waals surface area contributed by atoms with Gasteiger partial charge in [-0.15, -0.1) is 11.6 Å². The van der Waals surface area contributed by atoms with Gasteiger partial charge in [0.05, 0.1) is 17.7 Å². The van der Waals surface area contributed by atoms with Crippen molar-refractivity contribution in [3.05, 3.63) is 22.8 Å². The number of pyridine rings is 1. The van der Waals surface area contributed by atoms with Crippen LogP contribution in [0, 0.1) is 0 Å². The van der Waals surface area contributed by atoms with Gasteiger partial charge in [-0.2, -0.15) is 0 Å². The molecule has 2 rings (SSSR count). The Bertz CT molecular complexity index is 373. The van der Waals surface area contributed by atoms with Gasteiger partial charge in [-0.3, -0.25) is 0 Å². The zero-order chi connectivity index (χ0) is 11.5. The third-order valence-electron chi connectivity index (χ3n) is 2.57. The van der Waals surface area contributed by atoms with Crippen LogP contribution in [-0.4, -0.2) is 30.8 Å². The highest BCUT2D eigenvalue weighted by Crippen LogP contribution is 2.26. The number of morpholine rings is 1. The third-order valence-corrected chi connectivity index (χ3v) is 3.16. The summed E-state index contributed by atoms with van der Waals surface area (Å²) in [5, 5.41) is 0.659. The summed E-state index contributed by atoms with van der Waals surface area (Å²) < 4.78 is 5.48. The van der Waals surface area contributed by atoms with Gasteiger partial charge in [0.15, 0.2) is 0 Å². The molecular formula is C11H14Cl2N2O. The Morgan fingerprint density at radius 3 is 3.06 bits per heavy atom. The molecule has 1 aliphatic heterocycles. The number of rotatable bonds is 2. The van der Waals surface area contributed by atoms with Gasteiger partial charge in [0.25, 0.3) is 0 Å². The van der Waals surface area contributed by atoms with Crippen LogP contribution in [-0.2, 0) is 10.6 Å². The fourth-order valence-electron chi connectivity index (χ4n) is 1.79. The maximum atomic E-state index is 6.19. The summed E-state index contributed by atoms with van der Waals surface area (Å²) in [5.41, 5.74) is 0.941. The molecule has 0 aromatic carbocycles. The molecule has 1 atom stereocenters. The number of ether oxygens (including phenoxy) is 1. The minimum atomic E-state index is 0.222. The first-order valence-electron chi connectivity index (χ1n) is 5.27.